The van der Waals surface area contributed by atoms with Gasteiger partial charge < -0.3 is 10.1 Å². The van der Waals surface area contributed by atoms with Crippen molar-refractivity contribution in [2.75, 3.05) is 12.4 Å². The summed E-state index contributed by atoms with van der Waals surface area (Å²) in [4.78, 5) is 38.3. The van der Waals surface area contributed by atoms with Crippen LogP contribution in [0.5, 0.6) is 0 Å². The number of nitrogens with one attached hydrogen (secondary N) is 1. The molecule has 4 fully saturated rings. The van der Waals surface area contributed by atoms with Crippen LogP contribution >= 0.6 is 11.8 Å². The van der Waals surface area contributed by atoms with Crippen LogP contribution in [-0.2, 0) is 9.53 Å². The van der Waals surface area contributed by atoms with Gasteiger partial charge in [-0.2, -0.15) is 0 Å². The smallest absolute Gasteiger partial charge is 0.339 e. The van der Waals surface area contributed by atoms with E-state index < -0.39 is 35.6 Å². The molecule has 0 aromatic heterocycles. The molecule has 0 heterocycles. The summed E-state index contributed by atoms with van der Waals surface area (Å²) in [5.41, 5.74) is -0.327. The van der Waals surface area contributed by atoms with E-state index in [1.54, 1.807) is 24.3 Å². The number of thioether (sulfide) groups is 1. The molecule has 4 aliphatic carbocycles. The Labute approximate surface area is 207 Å². The first-order valence-electron chi connectivity index (χ1n) is 12.0. The SMILES string of the molecule is O=C(CSc1ccccc1C(=O)OCC(=O)c1cc(F)ccc1F)NC12CC3CC(CC(C3)C1)C2. The number of amides is 1. The number of halogens is 2. The molecule has 35 heavy (non-hydrogen) atoms. The van der Waals surface area contributed by atoms with Crippen LogP contribution in [-0.4, -0.2) is 35.6 Å². The number of carbonyl (C=O) groups excluding carboxylic acids is 3. The molecule has 4 saturated carbocycles. The quantitative estimate of drug-likeness (QED) is 0.308. The van der Waals surface area contributed by atoms with Gasteiger partial charge in [-0.05, 0) is 86.6 Å². The summed E-state index contributed by atoms with van der Waals surface area (Å²) in [6.07, 6.45) is 7.10. The van der Waals surface area contributed by atoms with Gasteiger partial charge in [-0.25, -0.2) is 13.6 Å². The van der Waals surface area contributed by atoms with Crippen LogP contribution in [0.15, 0.2) is 47.4 Å². The lowest BCUT2D eigenvalue weighted by Gasteiger charge is -2.56. The molecule has 0 atom stereocenters. The highest BCUT2D eigenvalue weighted by atomic mass is 32.2. The van der Waals surface area contributed by atoms with Crippen molar-refractivity contribution >= 4 is 29.4 Å². The van der Waals surface area contributed by atoms with E-state index in [0.29, 0.717) is 4.90 Å². The number of hydrogen-bond acceptors (Lipinski definition) is 5. The molecule has 4 bridgehead atoms. The number of rotatable bonds is 8. The Bertz CT molecular complexity index is 1130. The first kappa shape index (κ1) is 24.0. The summed E-state index contributed by atoms with van der Waals surface area (Å²) < 4.78 is 32.2. The van der Waals surface area contributed by atoms with Crippen LogP contribution in [0.25, 0.3) is 0 Å². The predicted octanol–water partition coefficient (Wildman–Crippen LogP) is 5.18. The molecule has 1 N–H and O–H groups in total. The molecule has 4 aliphatic rings. The molecule has 184 valence electrons. The summed E-state index contributed by atoms with van der Waals surface area (Å²) >= 11 is 1.24. The number of ketones is 1. The molecule has 2 aromatic rings. The Balaban J connectivity index is 1.17. The highest BCUT2D eigenvalue weighted by molar-refractivity contribution is 8.00. The second kappa shape index (κ2) is 9.72. The van der Waals surface area contributed by atoms with Gasteiger partial charge in [0.1, 0.15) is 11.6 Å². The van der Waals surface area contributed by atoms with Crippen molar-refractivity contribution in [3.8, 4) is 0 Å². The van der Waals surface area contributed by atoms with E-state index in [4.69, 9.17) is 4.74 Å². The second-order valence-electron chi connectivity index (χ2n) is 10.2. The van der Waals surface area contributed by atoms with E-state index in [-0.39, 0.29) is 22.8 Å². The van der Waals surface area contributed by atoms with E-state index in [0.717, 1.165) is 55.2 Å². The molecule has 0 spiro atoms. The Morgan fingerprint density at radius 3 is 2.29 bits per heavy atom. The van der Waals surface area contributed by atoms with Crippen LogP contribution in [0.1, 0.15) is 59.2 Å². The lowest BCUT2D eigenvalue weighted by atomic mass is 9.53. The minimum atomic E-state index is -0.881. The Hall–Kier alpha value is -2.74. The summed E-state index contributed by atoms with van der Waals surface area (Å²) in [5, 5.41) is 3.32. The van der Waals surface area contributed by atoms with Crippen molar-refractivity contribution < 1.29 is 27.9 Å². The van der Waals surface area contributed by atoms with Gasteiger partial charge >= 0.3 is 5.97 Å². The van der Waals surface area contributed by atoms with Gasteiger partial charge in [-0.15, -0.1) is 11.8 Å². The normalized spacial score (nSPS) is 26.4. The van der Waals surface area contributed by atoms with E-state index in [9.17, 15) is 23.2 Å². The molecular formula is C27H27F2NO4S. The Morgan fingerprint density at radius 1 is 0.943 bits per heavy atom. The summed E-state index contributed by atoms with van der Waals surface area (Å²) in [6, 6.07) is 9.21. The zero-order chi connectivity index (χ0) is 24.6. The Kier molecular flexibility index (Phi) is 6.66. The van der Waals surface area contributed by atoms with E-state index >= 15 is 0 Å². The average molecular weight is 500 g/mol. The van der Waals surface area contributed by atoms with Crippen molar-refractivity contribution in [3.05, 3.63) is 65.2 Å². The van der Waals surface area contributed by atoms with Gasteiger partial charge in [-0.1, -0.05) is 12.1 Å². The largest absolute Gasteiger partial charge is 0.454 e. The minimum absolute atomic E-state index is 0.0446. The maximum absolute atomic E-state index is 13.8. The van der Waals surface area contributed by atoms with Crippen LogP contribution in [0.3, 0.4) is 0 Å². The number of ether oxygens (including phenoxy) is 1. The standard InChI is InChI=1S/C27H27F2NO4S/c28-19-5-6-22(29)21(10-19)23(31)14-34-26(33)20-3-1-2-4-24(20)35-15-25(32)30-27-11-16-7-17(12-27)9-18(8-16)13-27/h1-6,10,16-18H,7-9,11-15H2,(H,30,32). The molecule has 0 unspecified atom stereocenters. The van der Waals surface area contributed by atoms with Crippen molar-refractivity contribution in [1.82, 2.24) is 5.32 Å². The van der Waals surface area contributed by atoms with Gasteiger partial charge in [0.2, 0.25) is 11.7 Å². The summed E-state index contributed by atoms with van der Waals surface area (Å²) in [6.45, 7) is -0.718. The van der Waals surface area contributed by atoms with Crippen LogP contribution in [0, 0.1) is 29.4 Å². The van der Waals surface area contributed by atoms with E-state index in [1.807, 2.05) is 0 Å². The summed E-state index contributed by atoms with van der Waals surface area (Å²) in [7, 11) is 0. The van der Waals surface area contributed by atoms with Crippen molar-refractivity contribution in [1.29, 1.82) is 0 Å². The third kappa shape index (κ3) is 5.27. The van der Waals surface area contributed by atoms with Crippen LogP contribution < -0.4 is 5.32 Å². The highest BCUT2D eigenvalue weighted by Gasteiger charge is 2.51. The van der Waals surface area contributed by atoms with Gasteiger partial charge in [-0.3, -0.25) is 9.59 Å². The molecule has 0 radical (unpaired) electrons. The monoisotopic (exact) mass is 499 g/mol. The summed E-state index contributed by atoms with van der Waals surface area (Å²) in [5.74, 6) is -0.927. The van der Waals surface area contributed by atoms with Gasteiger partial charge in [0.15, 0.2) is 6.61 Å². The minimum Gasteiger partial charge on any atom is -0.454 e. The lowest BCUT2D eigenvalue weighted by Crippen LogP contribution is -2.60. The van der Waals surface area contributed by atoms with Crippen molar-refractivity contribution in [2.45, 2.75) is 49.0 Å². The maximum atomic E-state index is 13.8. The third-order valence-electron chi connectivity index (χ3n) is 7.47. The fraction of sp³-hybridized carbons (Fsp3) is 0.444. The highest BCUT2D eigenvalue weighted by Crippen LogP contribution is 2.55. The number of Topliss-reactive ketones (excluding diaryl/α,β-unsaturated/α-hetero) is 1. The van der Waals surface area contributed by atoms with Gasteiger partial charge in [0, 0.05) is 10.4 Å². The molecule has 2 aromatic carbocycles. The number of hydrogen-bond donors (Lipinski definition) is 1. The second-order valence-corrected chi connectivity index (χ2v) is 11.2. The molecule has 0 saturated heterocycles. The zero-order valence-electron chi connectivity index (χ0n) is 19.2. The van der Waals surface area contributed by atoms with Crippen molar-refractivity contribution in [2.24, 2.45) is 17.8 Å². The molecule has 8 heteroatoms. The number of benzene rings is 2. The van der Waals surface area contributed by atoms with Gasteiger partial charge in [0.25, 0.3) is 0 Å². The molecule has 1 amide bonds. The lowest BCUT2D eigenvalue weighted by molar-refractivity contribution is -0.124. The fourth-order valence-electron chi connectivity index (χ4n) is 6.50. The van der Waals surface area contributed by atoms with E-state index in [1.165, 1.54) is 31.0 Å². The maximum Gasteiger partial charge on any atom is 0.339 e. The third-order valence-corrected chi connectivity index (χ3v) is 8.55. The van der Waals surface area contributed by atoms with Gasteiger partial charge in [0.05, 0.1) is 16.9 Å². The van der Waals surface area contributed by atoms with Crippen molar-refractivity contribution in [3.63, 3.8) is 0 Å². The van der Waals surface area contributed by atoms with Crippen LogP contribution in [0.2, 0.25) is 0 Å². The number of esters is 1. The fourth-order valence-corrected chi connectivity index (χ4v) is 7.34. The molecule has 5 nitrogen and oxygen atoms in total. The average Bonchev–Trinajstić information content (AvgIpc) is 2.81. The Morgan fingerprint density at radius 2 is 1.60 bits per heavy atom. The first-order chi connectivity index (χ1) is 16.8. The zero-order valence-corrected chi connectivity index (χ0v) is 20.0. The molecule has 6 rings (SSSR count). The number of carbonyl (C=O) groups is 3. The molecular weight excluding hydrogens is 472 g/mol. The van der Waals surface area contributed by atoms with Crippen LogP contribution in [0.4, 0.5) is 8.78 Å². The first-order valence-corrected chi connectivity index (χ1v) is 13.0. The predicted molar refractivity (Wildman–Crippen MR) is 127 cm³/mol. The topological polar surface area (TPSA) is 72.5 Å². The molecule has 0 aliphatic heterocycles. The van der Waals surface area contributed by atoms with E-state index in [2.05, 4.69) is 5.32 Å².